The summed E-state index contributed by atoms with van der Waals surface area (Å²) in [6.45, 7) is -1.93. The highest BCUT2D eigenvalue weighted by Crippen LogP contribution is 2.43. The lowest BCUT2D eigenvalue weighted by Gasteiger charge is -2.45. The number of carbonyl (C=O) groups excluding carboxylic acids is 1. The molecule has 63 heavy (non-hydrogen) atoms. The first kappa shape index (κ1) is 45.6. The van der Waals surface area contributed by atoms with Crippen molar-refractivity contribution < 1.29 is 104 Å². The summed E-state index contributed by atoms with van der Waals surface area (Å²) in [5, 5.41) is 126. The van der Waals surface area contributed by atoms with Crippen LogP contribution in [0.25, 0.3) is 28.7 Å². The van der Waals surface area contributed by atoms with Crippen LogP contribution in [0.15, 0.2) is 76.0 Å². The number of hydrogen-bond donors (Lipinski definition) is 12. The summed E-state index contributed by atoms with van der Waals surface area (Å²) in [5.41, 5.74) is -0.130. The van der Waals surface area contributed by atoms with E-state index >= 15 is 0 Å². The zero-order valence-electron chi connectivity index (χ0n) is 32.6. The molecule has 22 heteroatoms. The number of carbonyl (C=O) groups is 1. The third kappa shape index (κ3) is 10.0. The number of phenols is 4. The van der Waals surface area contributed by atoms with E-state index in [0.29, 0.717) is 5.56 Å². The molecule has 3 fully saturated rings. The van der Waals surface area contributed by atoms with Gasteiger partial charge in [0, 0.05) is 23.8 Å². The van der Waals surface area contributed by atoms with Gasteiger partial charge >= 0.3 is 5.97 Å². The molecule has 4 aliphatic heterocycles. The van der Waals surface area contributed by atoms with Gasteiger partial charge in [-0.1, -0.05) is 12.1 Å². The van der Waals surface area contributed by atoms with Gasteiger partial charge in [-0.05, 0) is 48.0 Å². The Kier molecular flexibility index (Phi) is 13.8. The van der Waals surface area contributed by atoms with Crippen LogP contribution in [0.4, 0.5) is 0 Å². The Morgan fingerprint density at radius 3 is 2.10 bits per heavy atom. The van der Waals surface area contributed by atoms with E-state index in [0.717, 1.165) is 30.3 Å². The van der Waals surface area contributed by atoms with E-state index in [1.165, 1.54) is 42.5 Å². The Morgan fingerprint density at radius 2 is 1.37 bits per heavy atom. The number of ether oxygens (including phenoxy) is 7. The van der Waals surface area contributed by atoms with Gasteiger partial charge in [-0.2, -0.15) is 0 Å². The van der Waals surface area contributed by atoms with Crippen molar-refractivity contribution in [3.8, 4) is 51.4 Å². The summed E-state index contributed by atoms with van der Waals surface area (Å²) in [4.78, 5) is 24.7. The van der Waals surface area contributed by atoms with Gasteiger partial charge in [0.15, 0.2) is 47.1 Å². The summed E-state index contributed by atoms with van der Waals surface area (Å²) in [6, 6.07) is 12.5. The summed E-state index contributed by atoms with van der Waals surface area (Å²) < 4.78 is 45.8. The van der Waals surface area contributed by atoms with Crippen molar-refractivity contribution in [3.05, 3.63) is 82.5 Å². The number of rotatable bonds is 12. The van der Waals surface area contributed by atoms with Gasteiger partial charge in [-0.3, -0.25) is 4.79 Å². The molecule has 0 spiro atoms. The first-order valence-electron chi connectivity index (χ1n) is 19.3. The predicted molar refractivity (Wildman–Crippen MR) is 207 cm³/mol. The summed E-state index contributed by atoms with van der Waals surface area (Å²) in [6.07, 6.45) is -22.7. The second kappa shape index (κ2) is 19.1. The fourth-order valence-corrected chi connectivity index (χ4v) is 6.93. The number of benzene rings is 3. The molecular weight excluding hydrogens is 844 g/mol. The van der Waals surface area contributed by atoms with Gasteiger partial charge in [0.1, 0.15) is 84.9 Å². The maximum Gasteiger partial charge on any atom is 0.330 e. The molecule has 0 amide bonds. The minimum Gasteiger partial charge on any atom is -0.508 e. The second-order valence-electron chi connectivity index (χ2n) is 14.9. The van der Waals surface area contributed by atoms with E-state index in [9.17, 15) is 70.9 Å². The van der Waals surface area contributed by atoms with E-state index in [4.69, 9.17) is 37.6 Å². The number of esters is 1. The standard InChI is InChI=1S/C41H44O22/c42-18-5-1-16(2-6-18)3-8-29(48)56-14-27-31(50)33(52)36(55)39(61-27)58-15-28-32(51)34(53)38(63-40-35(54)30(49)24(47)13-57-40)41(62-28)60-26-12-20-22(45)10-19(43)11-25(20)59-37(26)17-4-7-21(44)23(46)9-17/h1-12,24,27-28,30-36,38-42,44-47,49-55H,13-15H2/t24-,27-,28-,30+,31-,32+,33+,34+,35-,36-,38-,39-,40+,41-/m1/s1. The molecule has 22 nitrogen and oxygen atoms in total. The highest BCUT2D eigenvalue weighted by atomic mass is 16.8. The van der Waals surface area contributed by atoms with Gasteiger partial charge in [0.2, 0.25) is 6.29 Å². The molecule has 1 aliphatic carbocycles. The van der Waals surface area contributed by atoms with Crippen molar-refractivity contribution >= 4 is 12.0 Å². The summed E-state index contributed by atoms with van der Waals surface area (Å²) in [5.74, 6) is -3.26. The van der Waals surface area contributed by atoms with Crippen molar-refractivity contribution in [2.24, 2.45) is 0 Å². The molecule has 0 bridgehead atoms. The van der Waals surface area contributed by atoms with Crippen molar-refractivity contribution in [1.82, 2.24) is 0 Å². The average molecular weight is 889 g/mol. The number of aliphatic hydroxyl groups excluding tert-OH is 8. The van der Waals surface area contributed by atoms with Crippen molar-refractivity contribution in [2.45, 2.75) is 86.0 Å². The molecule has 0 saturated carbocycles. The average Bonchev–Trinajstić information content (AvgIpc) is 3.25. The largest absolute Gasteiger partial charge is 0.508 e. The molecule has 7 rings (SSSR count). The van der Waals surface area contributed by atoms with Gasteiger partial charge in [0.25, 0.3) is 0 Å². The molecule has 2 aromatic carbocycles. The number of hydrogen-bond acceptors (Lipinski definition) is 22. The van der Waals surface area contributed by atoms with Crippen LogP contribution in [0.3, 0.4) is 0 Å². The fourth-order valence-electron chi connectivity index (χ4n) is 6.93. The Labute approximate surface area is 355 Å². The van der Waals surface area contributed by atoms with Gasteiger partial charge in [0.05, 0.1) is 18.8 Å². The zero-order valence-corrected chi connectivity index (χ0v) is 32.6. The highest BCUT2D eigenvalue weighted by Gasteiger charge is 2.51. The van der Waals surface area contributed by atoms with Gasteiger partial charge in [-0.25, -0.2) is 4.79 Å². The zero-order chi connectivity index (χ0) is 45.3. The van der Waals surface area contributed by atoms with E-state index in [1.54, 1.807) is 0 Å². The first-order chi connectivity index (χ1) is 30.0. The normalized spacial score (nSPS) is 32.4. The first-order valence-corrected chi connectivity index (χ1v) is 19.3. The Bertz CT molecular complexity index is 2260. The van der Waals surface area contributed by atoms with Crippen molar-refractivity contribution in [2.75, 3.05) is 19.8 Å². The maximum atomic E-state index is 12.4. The molecule has 0 unspecified atom stereocenters. The van der Waals surface area contributed by atoms with Gasteiger partial charge in [-0.15, -0.1) is 0 Å². The second-order valence-corrected chi connectivity index (χ2v) is 14.9. The lowest BCUT2D eigenvalue weighted by molar-refractivity contribution is -0.353. The minimum atomic E-state index is -2.03. The molecule has 12 N–H and O–H groups in total. The molecule has 5 aliphatic rings. The molecule has 3 saturated heterocycles. The fraction of sp³-hybridized carbons (Fsp3) is 0.415. The lowest BCUT2D eigenvalue weighted by atomic mass is 9.97. The summed E-state index contributed by atoms with van der Waals surface area (Å²) >= 11 is 0. The van der Waals surface area contributed by atoms with Crippen LogP contribution in [0.1, 0.15) is 5.56 Å². The molecule has 4 heterocycles. The third-order valence-electron chi connectivity index (χ3n) is 10.5. The Balaban J connectivity index is 1.13. The molecule has 14 atom stereocenters. The number of aromatic hydroxyl groups is 4. The quantitative estimate of drug-likeness (QED) is 0.0414. The smallest absolute Gasteiger partial charge is 0.330 e. The molecule has 340 valence electrons. The monoisotopic (exact) mass is 888 g/mol. The molecule has 0 aromatic heterocycles. The summed E-state index contributed by atoms with van der Waals surface area (Å²) in [7, 11) is 0. The Morgan fingerprint density at radius 1 is 0.683 bits per heavy atom. The van der Waals surface area contributed by atoms with E-state index in [-0.39, 0.29) is 34.1 Å². The highest BCUT2D eigenvalue weighted by molar-refractivity contribution is 5.87. The molecule has 2 aromatic rings. The van der Waals surface area contributed by atoms with Crippen LogP contribution in [-0.4, -0.2) is 173 Å². The van der Waals surface area contributed by atoms with Crippen LogP contribution in [0.5, 0.6) is 28.7 Å². The van der Waals surface area contributed by atoms with Crippen molar-refractivity contribution in [3.63, 3.8) is 0 Å². The Hall–Kier alpha value is -5.44. The third-order valence-corrected chi connectivity index (χ3v) is 10.5. The predicted octanol–water partition coefficient (Wildman–Crippen LogP) is -2.04. The van der Waals surface area contributed by atoms with E-state index in [1.807, 2.05) is 0 Å². The molecular formula is C41H44O22. The van der Waals surface area contributed by atoms with E-state index in [2.05, 4.69) is 0 Å². The maximum absolute atomic E-state index is 12.4. The van der Waals surface area contributed by atoms with Gasteiger partial charge < -0.3 is 98.9 Å². The van der Waals surface area contributed by atoms with Crippen LogP contribution in [0, 0.1) is 0 Å². The SMILES string of the molecule is O=C(C=Cc1ccc(O)cc1)OC[C@H]1O[C@@H](OC[C@H]2O[C@@H](Oc3cc4c(O)cc(=O)cc-4oc3-c3ccc(O)c(O)c3)[C@H](O[C@@H]3OC[C@@H](O)[C@H](O)[C@H]3O)[C@@H](O)[C@H]2O)[C@H](O)[C@@H](O)[C@@H]1O. The number of aliphatic hydroxyl groups is 8. The minimum absolute atomic E-state index is 0.0146. The topological polar surface area (TPSA) is 355 Å². The van der Waals surface area contributed by atoms with Crippen LogP contribution < -0.4 is 10.2 Å². The van der Waals surface area contributed by atoms with E-state index < -0.39 is 134 Å². The number of phenolic OH excluding ortho intramolecular Hbond substituents is 4. The number of fused-ring (bicyclic) bond motifs is 1. The van der Waals surface area contributed by atoms with Crippen LogP contribution in [0.2, 0.25) is 0 Å². The van der Waals surface area contributed by atoms with Crippen LogP contribution >= 0.6 is 0 Å². The van der Waals surface area contributed by atoms with Crippen molar-refractivity contribution in [1.29, 1.82) is 0 Å². The lowest BCUT2D eigenvalue weighted by Crippen LogP contribution is -2.64. The molecule has 0 radical (unpaired) electrons. The van der Waals surface area contributed by atoms with Crippen LogP contribution in [-0.2, 0) is 33.2 Å².